The predicted molar refractivity (Wildman–Crippen MR) is 66.3 cm³/mol. The SMILES string of the molecule is CNC1CCCc2nc(C3COCCO3)ncc21. The second-order valence-corrected chi connectivity index (χ2v) is 4.80. The highest BCUT2D eigenvalue weighted by molar-refractivity contribution is 5.25. The van der Waals surface area contributed by atoms with Crippen LogP contribution in [0.15, 0.2) is 6.20 Å². The first-order valence-corrected chi connectivity index (χ1v) is 6.61. The smallest absolute Gasteiger partial charge is 0.159 e. The van der Waals surface area contributed by atoms with Gasteiger partial charge in [0.15, 0.2) is 5.82 Å². The number of aryl methyl sites for hydroxylation is 1. The summed E-state index contributed by atoms with van der Waals surface area (Å²) in [5, 5.41) is 3.32. The van der Waals surface area contributed by atoms with E-state index in [1.165, 1.54) is 17.7 Å². The lowest BCUT2D eigenvalue weighted by Gasteiger charge is -2.26. The molecule has 1 fully saturated rings. The third-order valence-electron chi connectivity index (χ3n) is 3.65. The normalized spacial score (nSPS) is 27.8. The average molecular weight is 249 g/mol. The molecule has 18 heavy (non-hydrogen) atoms. The van der Waals surface area contributed by atoms with Crippen LogP contribution in [-0.2, 0) is 15.9 Å². The molecule has 1 saturated heterocycles. The molecule has 1 aliphatic carbocycles. The summed E-state index contributed by atoms with van der Waals surface area (Å²) < 4.78 is 11.0. The molecule has 2 aliphatic rings. The number of hydrogen-bond acceptors (Lipinski definition) is 5. The van der Waals surface area contributed by atoms with Crippen LogP contribution < -0.4 is 5.32 Å². The summed E-state index contributed by atoms with van der Waals surface area (Å²) in [6, 6.07) is 0.395. The monoisotopic (exact) mass is 249 g/mol. The van der Waals surface area contributed by atoms with E-state index in [4.69, 9.17) is 9.47 Å². The van der Waals surface area contributed by atoms with Gasteiger partial charge in [-0.2, -0.15) is 0 Å². The van der Waals surface area contributed by atoms with Crippen molar-refractivity contribution in [3.8, 4) is 0 Å². The zero-order valence-corrected chi connectivity index (χ0v) is 10.7. The lowest BCUT2D eigenvalue weighted by atomic mass is 9.92. The van der Waals surface area contributed by atoms with Gasteiger partial charge >= 0.3 is 0 Å². The van der Waals surface area contributed by atoms with Gasteiger partial charge < -0.3 is 14.8 Å². The Hall–Kier alpha value is -1.04. The molecule has 0 spiro atoms. The van der Waals surface area contributed by atoms with Gasteiger partial charge in [-0.15, -0.1) is 0 Å². The van der Waals surface area contributed by atoms with Crippen LogP contribution in [0.1, 0.15) is 42.1 Å². The summed E-state index contributed by atoms with van der Waals surface area (Å²) in [6.07, 6.45) is 5.23. The number of hydrogen-bond donors (Lipinski definition) is 1. The highest BCUT2D eigenvalue weighted by Crippen LogP contribution is 2.29. The molecule has 0 saturated carbocycles. The van der Waals surface area contributed by atoms with Crippen molar-refractivity contribution < 1.29 is 9.47 Å². The van der Waals surface area contributed by atoms with E-state index in [1.54, 1.807) is 0 Å². The maximum absolute atomic E-state index is 5.64. The number of rotatable bonds is 2. The summed E-state index contributed by atoms with van der Waals surface area (Å²) in [6.45, 7) is 1.86. The maximum Gasteiger partial charge on any atom is 0.159 e. The minimum atomic E-state index is -0.0981. The third-order valence-corrected chi connectivity index (χ3v) is 3.65. The van der Waals surface area contributed by atoms with E-state index in [0.717, 1.165) is 18.7 Å². The Morgan fingerprint density at radius 1 is 1.39 bits per heavy atom. The second-order valence-electron chi connectivity index (χ2n) is 4.80. The van der Waals surface area contributed by atoms with Crippen molar-refractivity contribution >= 4 is 0 Å². The van der Waals surface area contributed by atoms with Crippen LogP contribution in [0.4, 0.5) is 0 Å². The Balaban J connectivity index is 1.85. The minimum Gasteiger partial charge on any atom is -0.376 e. The highest BCUT2D eigenvalue weighted by Gasteiger charge is 2.24. The van der Waals surface area contributed by atoms with Crippen LogP contribution in [0.5, 0.6) is 0 Å². The summed E-state index contributed by atoms with van der Waals surface area (Å²) in [5.74, 6) is 0.769. The van der Waals surface area contributed by atoms with Gasteiger partial charge in [0.2, 0.25) is 0 Å². The van der Waals surface area contributed by atoms with Crippen LogP contribution in [-0.4, -0.2) is 36.8 Å². The highest BCUT2D eigenvalue weighted by atomic mass is 16.6. The van der Waals surface area contributed by atoms with E-state index in [-0.39, 0.29) is 6.10 Å². The first kappa shape index (κ1) is 12.0. The quantitative estimate of drug-likeness (QED) is 0.852. The van der Waals surface area contributed by atoms with Crippen molar-refractivity contribution in [3.05, 3.63) is 23.3 Å². The Kier molecular flexibility index (Phi) is 3.54. The standard InChI is InChI=1S/C13H19N3O2/c1-14-10-3-2-4-11-9(10)7-15-13(16-11)12-8-17-5-6-18-12/h7,10,12,14H,2-6,8H2,1H3. The fourth-order valence-electron chi connectivity index (χ4n) is 2.65. The fourth-order valence-corrected chi connectivity index (χ4v) is 2.65. The molecule has 2 heterocycles. The van der Waals surface area contributed by atoms with Gasteiger partial charge in [-0.05, 0) is 26.3 Å². The molecule has 2 atom stereocenters. The van der Waals surface area contributed by atoms with Crippen LogP contribution in [0.25, 0.3) is 0 Å². The van der Waals surface area contributed by atoms with E-state index in [2.05, 4.69) is 15.3 Å². The molecule has 98 valence electrons. The molecule has 0 aromatic carbocycles. The van der Waals surface area contributed by atoms with Crippen LogP contribution in [0.2, 0.25) is 0 Å². The van der Waals surface area contributed by atoms with Gasteiger partial charge in [-0.25, -0.2) is 9.97 Å². The zero-order chi connectivity index (χ0) is 12.4. The molecule has 2 unspecified atom stereocenters. The van der Waals surface area contributed by atoms with Crippen molar-refractivity contribution in [2.24, 2.45) is 0 Å². The van der Waals surface area contributed by atoms with E-state index >= 15 is 0 Å². The molecule has 0 amide bonds. The van der Waals surface area contributed by atoms with Crippen molar-refractivity contribution in [2.45, 2.75) is 31.4 Å². The summed E-state index contributed by atoms with van der Waals surface area (Å²) >= 11 is 0. The summed E-state index contributed by atoms with van der Waals surface area (Å²) in [7, 11) is 1.99. The fraction of sp³-hybridized carbons (Fsp3) is 0.692. The topological polar surface area (TPSA) is 56.3 Å². The molecule has 3 rings (SSSR count). The van der Waals surface area contributed by atoms with E-state index in [9.17, 15) is 0 Å². The maximum atomic E-state index is 5.64. The van der Waals surface area contributed by atoms with Crippen LogP contribution in [0.3, 0.4) is 0 Å². The van der Waals surface area contributed by atoms with Gasteiger partial charge in [0, 0.05) is 23.5 Å². The molecule has 1 aliphatic heterocycles. The lowest BCUT2D eigenvalue weighted by Crippen LogP contribution is -2.26. The second kappa shape index (κ2) is 5.30. The third kappa shape index (κ3) is 2.25. The van der Waals surface area contributed by atoms with Crippen LogP contribution >= 0.6 is 0 Å². The first-order valence-electron chi connectivity index (χ1n) is 6.61. The molecule has 1 aromatic rings. The van der Waals surface area contributed by atoms with Gasteiger partial charge in [0.05, 0.1) is 19.8 Å². The molecule has 5 nitrogen and oxygen atoms in total. The number of nitrogens with one attached hydrogen (secondary N) is 1. The van der Waals surface area contributed by atoms with Gasteiger partial charge in [-0.1, -0.05) is 0 Å². The number of nitrogens with zero attached hydrogens (tertiary/aromatic N) is 2. The molecular weight excluding hydrogens is 230 g/mol. The lowest BCUT2D eigenvalue weighted by molar-refractivity contribution is -0.0936. The van der Waals surface area contributed by atoms with Crippen LogP contribution in [0, 0.1) is 0 Å². The largest absolute Gasteiger partial charge is 0.376 e. The molecule has 5 heteroatoms. The van der Waals surface area contributed by atoms with Crippen molar-refractivity contribution in [3.63, 3.8) is 0 Å². The summed E-state index contributed by atoms with van der Waals surface area (Å²) in [5.41, 5.74) is 2.41. The van der Waals surface area contributed by atoms with Gasteiger partial charge in [0.25, 0.3) is 0 Å². The minimum absolute atomic E-state index is 0.0981. The van der Waals surface area contributed by atoms with Crippen molar-refractivity contribution in [1.29, 1.82) is 0 Å². The molecule has 1 aromatic heterocycles. The zero-order valence-electron chi connectivity index (χ0n) is 10.7. The molecule has 0 radical (unpaired) electrons. The van der Waals surface area contributed by atoms with Gasteiger partial charge in [0.1, 0.15) is 6.10 Å². The average Bonchev–Trinajstić information content (AvgIpc) is 2.47. The van der Waals surface area contributed by atoms with Gasteiger partial charge in [-0.3, -0.25) is 0 Å². The first-order chi connectivity index (χ1) is 8.88. The number of aromatic nitrogens is 2. The number of ether oxygens (including phenoxy) is 2. The number of fused-ring (bicyclic) bond motifs is 1. The Morgan fingerprint density at radius 2 is 2.33 bits per heavy atom. The Labute approximate surface area is 107 Å². The van der Waals surface area contributed by atoms with E-state index in [0.29, 0.717) is 25.9 Å². The van der Waals surface area contributed by atoms with Crippen molar-refractivity contribution in [2.75, 3.05) is 26.9 Å². The molecular formula is C13H19N3O2. The Bertz CT molecular complexity index is 419. The summed E-state index contributed by atoms with van der Waals surface area (Å²) in [4.78, 5) is 9.14. The Morgan fingerprint density at radius 3 is 3.11 bits per heavy atom. The molecule has 0 bridgehead atoms. The van der Waals surface area contributed by atoms with Crippen molar-refractivity contribution in [1.82, 2.24) is 15.3 Å². The van der Waals surface area contributed by atoms with E-state index in [1.807, 2.05) is 13.2 Å². The predicted octanol–water partition coefficient (Wildman–Crippen LogP) is 1.16. The molecule has 1 N–H and O–H groups in total. The van der Waals surface area contributed by atoms with E-state index < -0.39 is 0 Å².